The van der Waals surface area contributed by atoms with Crippen molar-refractivity contribution < 1.29 is 42.9 Å². The van der Waals surface area contributed by atoms with Gasteiger partial charge in [0.2, 0.25) is 5.75 Å². The first-order chi connectivity index (χ1) is 19.6. The SMILES string of the molecule is COc1cccc(N2C(=O)NC(=O)/C(=C/c3cc(Br)cc(Br)c3OC(=O)c3cc(OC)c(OC)c(OC)c3)C2=O)c1. The highest BCUT2D eigenvalue weighted by Gasteiger charge is 2.37. The molecule has 0 spiro atoms. The number of carbonyl (C=O) groups excluding carboxylic acids is 4. The van der Waals surface area contributed by atoms with Gasteiger partial charge in [-0.3, -0.25) is 14.9 Å². The van der Waals surface area contributed by atoms with Crippen molar-refractivity contribution in [1.29, 1.82) is 0 Å². The summed E-state index contributed by atoms with van der Waals surface area (Å²) in [6.45, 7) is 0. The molecule has 212 valence electrons. The number of anilines is 1. The van der Waals surface area contributed by atoms with E-state index in [0.717, 1.165) is 4.90 Å². The summed E-state index contributed by atoms with van der Waals surface area (Å²) in [4.78, 5) is 52.9. The lowest BCUT2D eigenvalue weighted by molar-refractivity contribution is -0.122. The molecule has 1 N–H and O–H groups in total. The zero-order valence-corrected chi connectivity index (χ0v) is 25.2. The van der Waals surface area contributed by atoms with Crippen molar-refractivity contribution in [3.63, 3.8) is 0 Å². The molecule has 0 saturated carbocycles. The average Bonchev–Trinajstić information content (AvgIpc) is 2.95. The first-order valence-electron chi connectivity index (χ1n) is 11.7. The number of esters is 1. The highest BCUT2D eigenvalue weighted by Crippen LogP contribution is 2.40. The quantitative estimate of drug-likeness (QED) is 0.148. The van der Waals surface area contributed by atoms with Gasteiger partial charge in [0, 0.05) is 16.1 Å². The zero-order chi connectivity index (χ0) is 29.8. The maximum absolute atomic E-state index is 13.4. The number of benzene rings is 3. The summed E-state index contributed by atoms with van der Waals surface area (Å²) in [7, 11) is 5.70. The highest BCUT2D eigenvalue weighted by molar-refractivity contribution is 9.11. The van der Waals surface area contributed by atoms with Gasteiger partial charge in [-0.2, -0.15) is 0 Å². The van der Waals surface area contributed by atoms with Crippen LogP contribution in [0.15, 0.2) is 63.0 Å². The summed E-state index contributed by atoms with van der Waals surface area (Å²) >= 11 is 6.75. The molecule has 0 bridgehead atoms. The Kier molecular flexibility index (Phi) is 8.98. The van der Waals surface area contributed by atoms with Gasteiger partial charge in [0.15, 0.2) is 17.2 Å². The summed E-state index contributed by atoms with van der Waals surface area (Å²) in [6, 6.07) is 11.3. The molecule has 4 rings (SSSR count). The number of hydrogen-bond acceptors (Lipinski definition) is 9. The Hall–Kier alpha value is -4.36. The second-order valence-corrected chi connectivity index (χ2v) is 10.0. The summed E-state index contributed by atoms with van der Waals surface area (Å²) in [5.41, 5.74) is 0.0805. The van der Waals surface area contributed by atoms with Crippen LogP contribution in [0.4, 0.5) is 10.5 Å². The molecule has 3 aromatic carbocycles. The molecule has 1 aliphatic heterocycles. The molecule has 41 heavy (non-hydrogen) atoms. The summed E-state index contributed by atoms with van der Waals surface area (Å²) in [5.74, 6) is -1.42. The van der Waals surface area contributed by atoms with Crippen LogP contribution in [0.3, 0.4) is 0 Å². The number of rotatable bonds is 8. The number of methoxy groups -OCH3 is 4. The third-order valence-electron chi connectivity index (χ3n) is 5.85. The number of halogens is 2. The standard InChI is InChI=1S/C28H22Br2N2O9/c1-37-18-7-5-6-17(13-18)32-26(34)19(25(33)31-28(32)36)9-14-8-16(29)12-20(30)23(14)41-27(35)15-10-21(38-2)24(40-4)22(11-15)39-3/h5-13H,1-4H3,(H,31,33,36)/b19-9-. The Labute approximate surface area is 251 Å². The molecule has 0 radical (unpaired) electrons. The second-order valence-electron chi connectivity index (χ2n) is 8.27. The average molecular weight is 690 g/mol. The van der Waals surface area contributed by atoms with Gasteiger partial charge in [-0.1, -0.05) is 22.0 Å². The fourth-order valence-corrected chi connectivity index (χ4v) is 5.28. The lowest BCUT2D eigenvalue weighted by Crippen LogP contribution is -2.54. The van der Waals surface area contributed by atoms with E-state index in [1.807, 2.05) is 0 Å². The monoisotopic (exact) mass is 688 g/mol. The minimum absolute atomic E-state index is 0.00452. The molecular weight excluding hydrogens is 668 g/mol. The van der Waals surface area contributed by atoms with Gasteiger partial charge in [-0.05, 0) is 58.4 Å². The molecule has 1 saturated heterocycles. The second kappa shape index (κ2) is 12.4. The van der Waals surface area contributed by atoms with Gasteiger partial charge in [0.1, 0.15) is 11.3 Å². The molecule has 0 unspecified atom stereocenters. The van der Waals surface area contributed by atoms with Crippen LogP contribution in [-0.2, 0) is 9.59 Å². The maximum Gasteiger partial charge on any atom is 0.343 e. The van der Waals surface area contributed by atoms with Gasteiger partial charge in [0.25, 0.3) is 11.8 Å². The van der Waals surface area contributed by atoms with Crippen molar-refractivity contribution >= 4 is 67.4 Å². The van der Waals surface area contributed by atoms with Gasteiger partial charge >= 0.3 is 12.0 Å². The number of nitrogens with one attached hydrogen (secondary N) is 1. The number of imide groups is 2. The molecular formula is C28H22Br2N2O9. The number of amides is 4. The molecule has 13 heteroatoms. The zero-order valence-electron chi connectivity index (χ0n) is 22.1. The van der Waals surface area contributed by atoms with Crippen LogP contribution >= 0.6 is 31.9 Å². The van der Waals surface area contributed by atoms with E-state index in [4.69, 9.17) is 23.7 Å². The van der Waals surface area contributed by atoms with E-state index in [0.29, 0.717) is 20.4 Å². The third kappa shape index (κ3) is 6.05. The Morgan fingerprint density at radius 3 is 2.15 bits per heavy atom. The van der Waals surface area contributed by atoms with Gasteiger partial charge in [-0.15, -0.1) is 0 Å². The molecule has 1 fully saturated rings. The van der Waals surface area contributed by atoms with E-state index in [-0.39, 0.29) is 39.6 Å². The number of hydrogen-bond donors (Lipinski definition) is 1. The van der Waals surface area contributed by atoms with Crippen molar-refractivity contribution in [1.82, 2.24) is 5.32 Å². The predicted octanol–water partition coefficient (Wildman–Crippen LogP) is 5.13. The summed E-state index contributed by atoms with van der Waals surface area (Å²) in [6.07, 6.45) is 1.23. The van der Waals surface area contributed by atoms with E-state index in [9.17, 15) is 19.2 Å². The van der Waals surface area contributed by atoms with Crippen molar-refractivity contribution in [3.8, 4) is 28.7 Å². The topological polar surface area (TPSA) is 130 Å². The number of urea groups is 1. The molecule has 3 aromatic rings. The Morgan fingerprint density at radius 2 is 1.54 bits per heavy atom. The van der Waals surface area contributed by atoms with Crippen LogP contribution < -0.4 is 33.9 Å². The molecule has 11 nitrogen and oxygen atoms in total. The number of barbiturate groups is 1. The van der Waals surface area contributed by atoms with Crippen molar-refractivity contribution in [2.45, 2.75) is 0 Å². The maximum atomic E-state index is 13.4. The number of ether oxygens (including phenoxy) is 5. The van der Waals surface area contributed by atoms with Crippen molar-refractivity contribution in [2.24, 2.45) is 0 Å². The Balaban J connectivity index is 1.76. The number of carbonyl (C=O) groups is 4. The third-order valence-corrected chi connectivity index (χ3v) is 6.89. The Bertz CT molecular complexity index is 1580. The molecule has 4 amide bonds. The van der Waals surface area contributed by atoms with Crippen LogP contribution in [0, 0.1) is 0 Å². The van der Waals surface area contributed by atoms with E-state index >= 15 is 0 Å². The van der Waals surface area contributed by atoms with Crippen LogP contribution in [0.5, 0.6) is 28.7 Å². The van der Waals surface area contributed by atoms with E-state index < -0.39 is 23.8 Å². The molecule has 1 heterocycles. The normalized spacial score (nSPS) is 14.0. The van der Waals surface area contributed by atoms with E-state index in [1.54, 1.807) is 24.3 Å². The van der Waals surface area contributed by atoms with Gasteiger partial charge in [0.05, 0.1) is 44.2 Å². The highest BCUT2D eigenvalue weighted by atomic mass is 79.9. The smallest absolute Gasteiger partial charge is 0.343 e. The largest absolute Gasteiger partial charge is 0.497 e. The molecule has 0 aliphatic carbocycles. The van der Waals surface area contributed by atoms with Crippen LogP contribution in [0.2, 0.25) is 0 Å². The van der Waals surface area contributed by atoms with Crippen LogP contribution in [0.25, 0.3) is 6.08 Å². The first kappa shape index (κ1) is 29.6. The minimum atomic E-state index is -0.921. The Morgan fingerprint density at radius 1 is 0.854 bits per heavy atom. The predicted molar refractivity (Wildman–Crippen MR) is 155 cm³/mol. The lowest BCUT2D eigenvalue weighted by atomic mass is 10.1. The van der Waals surface area contributed by atoms with E-state index in [1.165, 1.54) is 58.8 Å². The fraction of sp³-hybridized carbons (Fsp3) is 0.143. The van der Waals surface area contributed by atoms with Gasteiger partial charge < -0.3 is 23.7 Å². The minimum Gasteiger partial charge on any atom is -0.497 e. The van der Waals surface area contributed by atoms with Crippen molar-refractivity contribution in [2.75, 3.05) is 33.3 Å². The van der Waals surface area contributed by atoms with Crippen molar-refractivity contribution in [3.05, 3.63) is 74.2 Å². The van der Waals surface area contributed by atoms with Crippen LogP contribution in [0.1, 0.15) is 15.9 Å². The fourth-order valence-electron chi connectivity index (χ4n) is 3.94. The summed E-state index contributed by atoms with van der Waals surface area (Å²) < 4.78 is 27.7. The molecule has 0 atom stereocenters. The molecule has 0 aromatic heterocycles. The summed E-state index contributed by atoms with van der Waals surface area (Å²) in [5, 5.41) is 2.16. The van der Waals surface area contributed by atoms with Crippen LogP contribution in [-0.4, -0.2) is 52.3 Å². The molecule has 1 aliphatic rings. The lowest BCUT2D eigenvalue weighted by Gasteiger charge is -2.26. The van der Waals surface area contributed by atoms with Gasteiger partial charge in [-0.25, -0.2) is 14.5 Å². The number of nitrogens with zero attached hydrogens (tertiary/aromatic N) is 1. The first-order valence-corrected chi connectivity index (χ1v) is 13.3. The van der Waals surface area contributed by atoms with E-state index in [2.05, 4.69) is 37.2 Å².